The van der Waals surface area contributed by atoms with Crippen molar-refractivity contribution < 1.29 is 9.53 Å². The molecule has 0 radical (unpaired) electrons. The van der Waals surface area contributed by atoms with E-state index in [2.05, 4.69) is 44.2 Å². The molecule has 1 N–H and O–H groups in total. The fourth-order valence-corrected chi connectivity index (χ4v) is 4.98. The number of carbonyl (C=O) groups is 1. The normalized spacial score (nSPS) is 17.4. The van der Waals surface area contributed by atoms with Crippen molar-refractivity contribution in [1.29, 1.82) is 0 Å². The predicted octanol–water partition coefficient (Wildman–Crippen LogP) is 3.72. The number of H-pyrrole nitrogens is 1. The maximum absolute atomic E-state index is 13.1. The molecule has 1 aromatic carbocycles. The number of nitrogens with one attached hydrogen (secondary N) is 1. The zero-order chi connectivity index (χ0) is 21.5. The highest BCUT2D eigenvalue weighted by atomic mass is 16.5. The number of rotatable bonds is 2. The zero-order valence-corrected chi connectivity index (χ0v) is 17.6. The monoisotopic (exact) mass is 425 g/mol. The molecular weight excluding hydrogens is 402 g/mol. The van der Waals surface area contributed by atoms with Crippen LogP contribution in [0.5, 0.6) is 0 Å². The number of nitrogens with zero attached hydrogens (tertiary/aromatic N) is 4. The molecule has 2 aliphatic rings. The van der Waals surface area contributed by atoms with E-state index >= 15 is 0 Å². The van der Waals surface area contributed by atoms with Crippen LogP contribution in [-0.2, 0) is 16.8 Å². The molecule has 7 heteroatoms. The summed E-state index contributed by atoms with van der Waals surface area (Å²) in [6.45, 7) is 1.98. The third kappa shape index (κ3) is 3.08. The van der Waals surface area contributed by atoms with Gasteiger partial charge in [0.1, 0.15) is 11.3 Å². The van der Waals surface area contributed by atoms with Crippen molar-refractivity contribution in [3.8, 4) is 11.5 Å². The van der Waals surface area contributed by atoms with Gasteiger partial charge in [-0.25, -0.2) is 9.97 Å². The van der Waals surface area contributed by atoms with Gasteiger partial charge in [-0.3, -0.25) is 9.78 Å². The van der Waals surface area contributed by atoms with E-state index < -0.39 is 0 Å². The molecule has 2 aliphatic heterocycles. The molecule has 0 aliphatic carbocycles. The molecule has 6 rings (SSSR count). The van der Waals surface area contributed by atoms with Crippen LogP contribution < -0.4 is 0 Å². The van der Waals surface area contributed by atoms with Crippen molar-refractivity contribution in [2.45, 2.75) is 24.9 Å². The fourth-order valence-electron chi connectivity index (χ4n) is 4.98. The first-order valence-electron chi connectivity index (χ1n) is 11.0. The Bertz CT molecular complexity index is 1270. The fraction of sp³-hybridized carbons (Fsp3) is 0.280. The average Bonchev–Trinajstić information content (AvgIpc) is 3.25. The van der Waals surface area contributed by atoms with Gasteiger partial charge in [0, 0.05) is 42.6 Å². The van der Waals surface area contributed by atoms with Crippen molar-refractivity contribution in [3.63, 3.8) is 0 Å². The minimum atomic E-state index is -0.345. The predicted molar refractivity (Wildman–Crippen MR) is 120 cm³/mol. The van der Waals surface area contributed by atoms with E-state index in [1.54, 1.807) is 18.6 Å². The quantitative estimate of drug-likeness (QED) is 0.529. The van der Waals surface area contributed by atoms with E-state index in [1.165, 1.54) is 16.6 Å². The van der Waals surface area contributed by atoms with Crippen LogP contribution in [0.15, 0.2) is 61.1 Å². The first-order chi connectivity index (χ1) is 15.7. The molecular formula is C25H23N5O2. The molecule has 4 aromatic rings. The molecule has 0 saturated carbocycles. The van der Waals surface area contributed by atoms with Gasteiger partial charge in [-0.1, -0.05) is 24.3 Å². The van der Waals surface area contributed by atoms with E-state index in [0.717, 1.165) is 24.8 Å². The van der Waals surface area contributed by atoms with Gasteiger partial charge < -0.3 is 14.6 Å². The number of amides is 1. The number of aromatic nitrogens is 4. The Morgan fingerprint density at radius 2 is 1.78 bits per heavy atom. The molecule has 5 heterocycles. The Balaban J connectivity index is 1.20. The lowest BCUT2D eigenvalue weighted by Gasteiger charge is -2.43. The van der Waals surface area contributed by atoms with Crippen LogP contribution in [-0.4, -0.2) is 50.4 Å². The van der Waals surface area contributed by atoms with E-state index in [4.69, 9.17) is 4.74 Å². The Kier molecular flexibility index (Phi) is 4.50. The first kappa shape index (κ1) is 19.1. The van der Waals surface area contributed by atoms with Crippen LogP contribution in [0, 0.1) is 0 Å². The van der Waals surface area contributed by atoms with E-state index in [0.29, 0.717) is 36.8 Å². The Hall–Kier alpha value is -3.58. The zero-order valence-electron chi connectivity index (χ0n) is 17.6. The average molecular weight is 425 g/mol. The largest absolute Gasteiger partial charge is 0.368 e. The van der Waals surface area contributed by atoms with Crippen molar-refractivity contribution in [2.75, 3.05) is 19.7 Å². The molecule has 7 nitrogen and oxygen atoms in total. The molecule has 1 fully saturated rings. The molecule has 1 spiro atoms. The third-order valence-electron chi connectivity index (χ3n) is 6.65. The summed E-state index contributed by atoms with van der Waals surface area (Å²) in [7, 11) is 0. The molecule has 0 atom stereocenters. The van der Waals surface area contributed by atoms with Crippen LogP contribution in [0.1, 0.15) is 34.5 Å². The summed E-state index contributed by atoms with van der Waals surface area (Å²) in [4.78, 5) is 31.5. The lowest BCUT2D eigenvalue weighted by atomic mass is 9.83. The number of benzene rings is 1. The van der Waals surface area contributed by atoms with Crippen molar-refractivity contribution in [1.82, 2.24) is 24.8 Å². The van der Waals surface area contributed by atoms with Gasteiger partial charge in [0.15, 0.2) is 5.82 Å². The molecule has 160 valence electrons. The van der Waals surface area contributed by atoms with Gasteiger partial charge in [-0.05, 0) is 43.0 Å². The lowest BCUT2D eigenvalue weighted by molar-refractivity contribution is -0.0957. The van der Waals surface area contributed by atoms with Crippen molar-refractivity contribution >= 4 is 16.8 Å². The molecule has 3 aromatic heterocycles. The van der Waals surface area contributed by atoms with Crippen LogP contribution in [0.2, 0.25) is 0 Å². The number of piperidine rings is 1. The number of likely N-dealkylation sites (tertiary alicyclic amines) is 1. The van der Waals surface area contributed by atoms with Crippen molar-refractivity contribution in [2.24, 2.45) is 0 Å². The second-order valence-electron chi connectivity index (χ2n) is 8.42. The Morgan fingerprint density at radius 1 is 1.00 bits per heavy atom. The highest BCUT2D eigenvalue weighted by Gasteiger charge is 2.43. The number of ether oxygens (including phenoxy) is 1. The summed E-state index contributed by atoms with van der Waals surface area (Å²) in [5.74, 6) is 0.474. The van der Waals surface area contributed by atoms with Gasteiger partial charge in [0.25, 0.3) is 5.91 Å². The van der Waals surface area contributed by atoms with Crippen LogP contribution in [0.25, 0.3) is 22.4 Å². The molecule has 32 heavy (non-hydrogen) atoms. The number of aromatic amines is 1. The number of para-hydroxylation sites is 1. The minimum Gasteiger partial charge on any atom is -0.368 e. The smallest absolute Gasteiger partial charge is 0.256 e. The highest BCUT2D eigenvalue weighted by Crippen LogP contribution is 2.43. The topological polar surface area (TPSA) is 84.0 Å². The maximum atomic E-state index is 13.1. The van der Waals surface area contributed by atoms with E-state index in [1.807, 2.05) is 23.1 Å². The highest BCUT2D eigenvalue weighted by molar-refractivity contribution is 5.94. The second-order valence-corrected chi connectivity index (χ2v) is 8.42. The van der Waals surface area contributed by atoms with Gasteiger partial charge in [-0.15, -0.1) is 0 Å². The summed E-state index contributed by atoms with van der Waals surface area (Å²) in [6.07, 6.45) is 7.35. The van der Waals surface area contributed by atoms with Crippen LogP contribution >= 0.6 is 0 Å². The van der Waals surface area contributed by atoms with E-state index in [9.17, 15) is 4.79 Å². The lowest BCUT2D eigenvalue weighted by Crippen LogP contribution is -2.48. The molecule has 1 saturated heterocycles. The van der Waals surface area contributed by atoms with Crippen LogP contribution in [0.4, 0.5) is 0 Å². The third-order valence-corrected chi connectivity index (χ3v) is 6.65. The van der Waals surface area contributed by atoms with Crippen molar-refractivity contribution in [3.05, 3.63) is 77.9 Å². The number of fused-ring (bicyclic) bond motifs is 4. The summed E-state index contributed by atoms with van der Waals surface area (Å²) < 4.78 is 6.36. The number of hydrogen-bond acceptors (Lipinski definition) is 5. The standard InChI is InChI=1S/C25H23N5O2/c31-24(17-15-27-23(28-16-17)21-7-3-4-11-26-21)30-12-9-25(10-13-30)22-19(8-14-32-25)18-5-1-2-6-20(18)29-22/h1-7,11,15-16,29H,8-10,12-14H2. The number of hydrogen-bond donors (Lipinski definition) is 1. The number of carbonyl (C=O) groups excluding carboxylic acids is 1. The Labute approximate surface area is 185 Å². The summed E-state index contributed by atoms with van der Waals surface area (Å²) in [5.41, 5.74) is 4.56. The maximum Gasteiger partial charge on any atom is 0.256 e. The second kappa shape index (κ2) is 7.53. The van der Waals surface area contributed by atoms with Gasteiger partial charge in [-0.2, -0.15) is 0 Å². The summed E-state index contributed by atoms with van der Waals surface area (Å²) in [6, 6.07) is 14.0. The van der Waals surface area contributed by atoms with E-state index in [-0.39, 0.29) is 11.5 Å². The summed E-state index contributed by atoms with van der Waals surface area (Å²) >= 11 is 0. The molecule has 0 unspecified atom stereocenters. The summed E-state index contributed by atoms with van der Waals surface area (Å²) in [5, 5.41) is 1.29. The number of pyridine rings is 1. The first-order valence-corrected chi connectivity index (χ1v) is 11.0. The van der Waals surface area contributed by atoms with Gasteiger partial charge >= 0.3 is 0 Å². The molecule has 0 bridgehead atoms. The Morgan fingerprint density at radius 3 is 2.56 bits per heavy atom. The van der Waals surface area contributed by atoms with Gasteiger partial charge in [0.2, 0.25) is 0 Å². The van der Waals surface area contributed by atoms with Crippen LogP contribution in [0.3, 0.4) is 0 Å². The van der Waals surface area contributed by atoms with Gasteiger partial charge in [0.05, 0.1) is 17.9 Å². The SMILES string of the molecule is O=C(c1cnc(-c2ccccn2)nc1)N1CCC2(CC1)OCCc1c2[nH]c2ccccc12. The molecule has 1 amide bonds. The minimum absolute atomic E-state index is 0.0416.